The summed E-state index contributed by atoms with van der Waals surface area (Å²) >= 11 is 0. The number of hydrogen-bond donors (Lipinski definition) is 1. The molecule has 3 aromatic rings. The largest absolute Gasteiger partial charge is 0.364 e. The van der Waals surface area contributed by atoms with Crippen LogP contribution in [0.25, 0.3) is 0 Å². The number of benzene rings is 3. The van der Waals surface area contributed by atoms with Crippen LogP contribution in [0.4, 0.5) is 0 Å². The summed E-state index contributed by atoms with van der Waals surface area (Å²) in [7, 11) is 0. The minimum atomic E-state index is -0.537. The number of hydrogen-bond acceptors (Lipinski definition) is 2. The lowest BCUT2D eigenvalue weighted by Gasteiger charge is -2.22. The molecule has 0 aliphatic rings. The number of carbonyl (C=O) groups excluding carboxylic acids is 1. The van der Waals surface area contributed by atoms with E-state index in [1.54, 1.807) is 6.92 Å². The van der Waals surface area contributed by atoms with E-state index in [2.05, 4.69) is 5.32 Å². The SMILES string of the molecule is CC(OCc1ccccc1)C(=O)NC(c1ccccc1)c1ccccc1. The Morgan fingerprint density at radius 3 is 1.77 bits per heavy atom. The van der Waals surface area contributed by atoms with E-state index in [0.29, 0.717) is 6.61 Å². The van der Waals surface area contributed by atoms with Gasteiger partial charge in [0, 0.05) is 0 Å². The summed E-state index contributed by atoms with van der Waals surface area (Å²) in [6, 6.07) is 29.6. The molecule has 26 heavy (non-hydrogen) atoms. The van der Waals surface area contributed by atoms with Crippen LogP contribution in [0.2, 0.25) is 0 Å². The molecule has 0 fully saturated rings. The topological polar surface area (TPSA) is 38.3 Å². The van der Waals surface area contributed by atoms with Crippen molar-refractivity contribution >= 4 is 5.91 Å². The lowest BCUT2D eigenvalue weighted by atomic mass is 9.98. The van der Waals surface area contributed by atoms with Gasteiger partial charge in [-0.15, -0.1) is 0 Å². The van der Waals surface area contributed by atoms with Gasteiger partial charge >= 0.3 is 0 Å². The van der Waals surface area contributed by atoms with E-state index >= 15 is 0 Å². The van der Waals surface area contributed by atoms with Crippen molar-refractivity contribution in [2.24, 2.45) is 0 Å². The summed E-state index contributed by atoms with van der Waals surface area (Å²) in [4.78, 5) is 12.7. The first-order chi connectivity index (χ1) is 12.7. The Kier molecular flexibility index (Phi) is 6.18. The van der Waals surface area contributed by atoms with Crippen LogP contribution in [0.3, 0.4) is 0 Å². The highest BCUT2D eigenvalue weighted by Crippen LogP contribution is 2.22. The van der Waals surface area contributed by atoms with Crippen LogP contribution >= 0.6 is 0 Å². The summed E-state index contributed by atoms with van der Waals surface area (Å²) in [5, 5.41) is 3.12. The molecule has 132 valence electrons. The molecule has 0 aromatic heterocycles. The molecular formula is C23H23NO2. The zero-order valence-corrected chi connectivity index (χ0v) is 14.8. The number of carbonyl (C=O) groups is 1. The molecule has 3 heteroatoms. The minimum absolute atomic E-state index is 0.126. The second-order valence-corrected chi connectivity index (χ2v) is 6.20. The van der Waals surface area contributed by atoms with E-state index in [1.807, 2.05) is 91.0 Å². The van der Waals surface area contributed by atoms with Gasteiger partial charge in [0.25, 0.3) is 0 Å². The van der Waals surface area contributed by atoms with E-state index in [0.717, 1.165) is 16.7 Å². The zero-order valence-electron chi connectivity index (χ0n) is 14.8. The Balaban J connectivity index is 1.69. The van der Waals surface area contributed by atoms with Crippen LogP contribution in [0.1, 0.15) is 29.7 Å². The van der Waals surface area contributed by atoms with Gasteiger partial charge < -0.3 is 10.1 Å². The quantitative estimate of drug-likeness (QED) is 0.685. The van der Waals surface area contributed by atoms with Crippen molar-refractivity contribution in [2.45, 2.75) is 25.7 Å². The Morgan fingerprint density at radius 2 is 1.27 bits per heavy atom. The fourth-order valence-corrected chi connectivity index (χ4v) is 2.78. The lowest BCUT2D eigenvalue weighted by molar-refractivity contribution is -0.133. The number of rotatable bonds is 7. The van der Waals surface area contributed by atoms with Crippen molar-refractivity contribution in [1.82, 2.24) is 5.32 Å². The first-order valence-electron chi connectivity index (χ1n) is 8.80. The van der Waals surface area contributed by atoms with Gasteiger partial charge in [0.2, 0.25) is 5.91 Å². The molecule has 0 bridgehead atoms. The molecule has 0 heterocycles. The van der Waals surface area contributed by atoms with Crippen molar-refractivity contribution in [3.8, 4) is 0 Å². The third kappa shape index (κ3) is 4.80. The lowest BCUT2D eigenvalue weighted by Crippen LogP contribution is -2.37. The second-order valence-electron chi connectivity index (χ2n) is 6.20. The average molecular weight is 345 g/mol. The number of amides is 1. The molecule has 1 unspecified atom stereocenters. The molecule has 1 atom stereocenters. The summed E-state index contributed by atoms with van der Waals surface area (Å²) < 4.78 is 5.75. The molecule has 3 rings (SSSR count). The van der Waals surface area contributed by atoms with Gasteiger partial charge in [0.05, 0.1) is 12.6 Å². The number of ether oxygens (including phenoxy) is 1. The van der Waals surface area contributed by atoms with Crippen LogP contribution in [0, 0.1) is 0 Å². The van der Waals surface area contributed by atoms with Crippen LogP contribution in [-0.4, -0.2) is 12.0 Å². The van der Waals surface area contributed by atoms with E-state index in [9.17, 15) is 4.79 Å². The monoisotopic (exact) mass is 345 g/mol. The number of nitrogens with one attached hydrogen (secondary N) is 1. The highest BCUT2D eigenvalue weighted by atomic mass is 16.5. The van der Waals surface area contributed by atoms with Crippen LogP contribution in [-0.2, 0) is 16.1 Å². The van der Waals surface area contributed by atoms with Crippen LogP contribution in [0.15, 0.2) is 91.0 Å². The van der Waals surface area contributed by atoms with Crippen molar-refractivity contribution in [1.29, 1.82) is 0 Å². The molecule has 0 saturated heterocycles. The maximum absolute atomic E-state index is 12.7. The van der Waals surface area contributed by atoms with Gasteiger partial charge in [-0.1, -0.05) is 91.0 Å². The summed E-state index contributed by atoms with van der Waals surface area (Å²) in [5.41, 5.74) is 3.14. The molecule has 0 spiro atoms. The van der Waals surface area contributed by atoms with Crippen LogP contribution < -0.4 is 5.32 Å². The fourth-order valence-electron chi connectivity index (χ4n) is 2.78. The van der Waals surface area contributed by atoms with Gasteiger partial charge in [0.1, 0.15) is 6.10 Å². The molecule has 1 amide bonds. The molecule has 3 aromatic carbocycles. The molecule has 1 N–H and O–H groups in total. The average Bonchev–Trinajstić information content (AvgIpc) is 2.72. The van der Waals surface area contributed by atoms with Crippen molar-refractivity contribution in [3.63, 3.8) is 0 Å². The van der Waals surface area contributed by atoms with Crippen molar-refractivity contribution in [2.75, 3.05) is 0 Å². The minimum Gasteiger partial charge on any atom is -0.364 e. The third-order valence-electron chi connectivity index (χ3n) is 4.26. The van der Waals surface area contributed by atoms with Crippen molar-refractivity contribution < 1.29 is 9.53 Å². The van der Waals surface area contributed by atoms with Crippen LogP contribution in [0.5, 0.6) is 0 Å². The maximum Gasteiger partial charge on any atom is 0.249 e. The zero-order chi connectivity index (χ0) is 18.2. The third-order valence-corrected chi connectivity index (χ3v) is 4.26. The summed E-state index contributed by atoms with van der Waals surface area (Å²) in [6.07, 6.45) is -0.537. The standard InChI is InChI=1S/C23H23NO2/c1-18(26-17-19-11-5-2-6-12-19)23(25)24-22(20-13-7-3-8-14-20)21-15-9-4-10-16-21/h2-16,18,22H,17H2,1H3,(H,24,25). The van der Waals surface area contributed by atoms with E-state index in [1.165, 1.54) is 0 Å². The molecule has 3 nitrogen and oxygen atoms in total. The summed E-state index contributed by atoms with van der Waals surface area (Å²) in [5.74, 6) is -0.126. The Labute approximate surface area is 154 Å². The van der Waals surface area contributed by atoms with Gasteiger partial charge in [-0.3, -0.25) is 4.79 Å². The molecule has 0 saturated carbocycles. The van der Waals surface area contributed by atoms with E-state index < -0.39 is 6.10 Å². The molecule has 0 aliphatic heterocycles. The Bertz CT molecular complexity index is 764. The smallest absolute Gasteiger partial charge is 0.249 e. The van der Waals surface area contributed by atoms with Gasteiger partial charge in [-0.05, 0) is 23.6 Å². The highest BCUT2D eigenvalue weighted by Gasteiger charge is 2.20. The van der Waals surface area contributed by atoms with Gasteiger partial charge in [0.15, 0.2) is 0 Å². The van der Waals surface area contributed by atoms with E-state index in [4.69, 9.17) is 4.74 Å². The first kappa shape index (κ1) is 17.9. The molecule has 0 radical (unpaired) electrons. The Morgan fingerprint density at radius 1 is 0.808 bits per heavy atom. The first-order valence-corrected chi connectivity index (χ1v) is 8.80. The molecular weight excluding hydrogens is 322 g/mol. The normalized spacial score (nSPS) is 11.9. The maximum atomic E-state index is 12.7. The highest BCUT2D eigenvalue weighted by molar-refractivity contribution is 5.81. The second kappa shape index (κ2) is 8.97. The predicted molar refractivity (Wildman–Crippen MR) is 104 cm³/mol. The fraction of sp³-hybridized carbons (Fsp3) is 0.174. The summed E-state index contributed by atoms with van der Waals surface area (Å²) in [6.45, 7) is 2.20. The predicted octanol–water partition coefficient (Wildman–Crippen LogP) is 4.50. The van der Waals surface area contributed by atoms with E-state index in [-0.39, 0.29) is 11.9 Å². The van der Waals surface area contributed by atoms with Gasteiger partial charge in [-0.25, -0.2) is 0 Å². The van der Waals surface area contributed by atoms with Gasteiger partial charge in [-0.2, -0.15) is 0 Å². The Hall–Kier alpha value is -2.91. The molecule has 0 aliphatic carbocycles. The van der Waals surface area contributed by atoms with Crippen molar-refractivity contribution in [3.05, 3.63) is 108 Å².